The molecule has 2 aromatic rings. The number of aryl methyl sites for hydroxylation is 1. The van der Waals surface area contributed by atoms with Crippen LogP contribution in [0.1, 0.15) is 12.0 Å². The summed E-state index contributed by atoms with van der Waals surface area (Å²) in [5, 5.41) is 8.23. The van der Waals surface area contributed by atoms with E-state index in [0.717, 1.165) is 5.56 Å². The number of nitrogens with one attached hydrogen (secondary N) is 1. The van der Waals surface area contributed by atoms with Gasteiger partial charge in [0.1, 0.15) is 0 Å². The van der Waals surface area contributed by atoms with Crippen molar-refractivity contribution >= 4 is 33.2 Å². The molecule has 0 unspecified atom stereocenters. The Labute approximate surface area is 134 Å². The number of amides is 1. The number of para-hydroxylation sites is 1. The summed E-state index contributed by atoms with van der Waals surface area (Å²) in [7, 11) is -3.69. The summed E-state index contributed by atoms with van der Waals surface area (Å²) >= 11 is 5.96. The lowest BCUT2D eigenvalue weighted by Gasteiger charge is -2.07. The van der Waals surface area contributed by atoms with Crippen LogP contribution in [0.25, 0.3) is 0 Å². The van der Waals surface area contributed by atoms with E-state index in [1.807, 2.05) is 0 Å². The first-order valence-electron chi connectivity index (χ1n) is 6.52. The number of primary sulfonamides is 1. The predicted molar refractivity (Wildman–Crippen MR) is 86.2 cm³/mol. The molecule has 0 spiro atoms. The predicted octanol–water partition coefficient (Wildman–Crippen LogP) is 2.56. The minimum absolute atomic E-state index is 0.0526. The van der Waals surface area contributed by atoms with Gasteiger partial charge >= 0.3 is 0 Å². The fourth-order valence-electron chi connectivity index (χ4n) is 1.88. The summed E-state index contributed by atoms with van der Waals surface area (Å²) in [5.74, 6) is -0.163. The van der Waals surface area contributed by atoms with E-state index in [1.165, 1.54) is 12.1 Å². The normalized spacial score (nSPS) is 11.2. The second-order valence-corrected chi connectivity index (χ2v) is 6.69. The van der Waals surface area contributed by atoms with Crippen LogP contribution >= 0.6 is 11.6 Å². The third-order valence-corrected chi connectivity index (χ3v) is 4.30. The number of hydrogen-bond donors (Lipinski definition) is 2. The highest BCUT2D eigenvalue weighted by atomic mass is 35.5. The molecule has 0 aliphatic rings. The molecular formula is C15H15ClN2O3S. The third-order valence-electron chi connectivity index (χ3n) is 3.04. The van der Waals surface area contributed by atoms with Gasteiger partial charge in [0, 0.05) is 6.42 Å². The molecule has 7 heteroatoms. The molecule has 0 fully saturated rings. The zero-order valence-electron chi connectivity index (χ0n) is 11.6. The van der Waals surface area contributed by atoms with Gasteiger partial charge < -0.3 is 5.32 Å². The Morgan fingerprint density at radius 2 is 1.73 bits per heavy atom. The second-order valence-electron chi connectivity index (χ2n) is 4.72. The first-order valence-corrected chi connectivity index (χ1v) is 8.45. The lowest BCUT2D eigenvalue weighted by atomic mass is 10.1. The van der Waals surface area contributed by atoms with Crippen molar-refractivity contribution in [2.24, 2.45) is 5.14 Å². The van der Waals surface area contributed by atoms with Crippen LogP contribution in [0.15, 0.2) is 53.4 Å². The fourth-order valence-corrected chi connectivity index (χ4v) is 2.58. The average molecular weight is 339 g/mol. The highest BCUT2D eigenvalue weighted by Crippen LogP contribution is 2.20. The number of nitrogens with two attached hydrogens (primary N) is 1. The van der Waals surface area contributed by atoms with E-state index < -0.39 is 10.0 Å². The molecule has 0 radical (unpaired) electrons. The molecular weight excluding hydrogens is 324 g/mol. The Kier molecular flexibility index (Phi) is 5.18. The molecule has 22 heavy (non-hydrogen) atoms. The van der Waals surface area contributed by atoms with Gasteiger partial charge in [-0.25, -0.2) is 13.6 Å². The van der Waals surface area contributed by atoms with Gasteiger partial charge in [-0.3, -0.25) is 4.79 Å². The van der Waals surface area contributed by atoms with E-state index >= 15 is 0 Å². The zero-order chi connectivity index (χ0) is 16.2. The molecule has 2 aromatic carbocycles. The summed E-state index contributed by atoms with van der Waals surface area (Å²) in [4.78, 5) is 11.9. The van der Waals surface area contributed by atoms with E-state index in [1.54, 1.807) is 36.4 Å². The van der Waals surface area contributed by atoms with Gasteiger partial charge in [0.25, 0.3) is 0 Å². The molecule has 0 aliphatic carbocycles. The molecule has 0 atom stereocenters. The van der Waals surface area contributed by atoms with E-state index in [4.69, 9.17) is 16.7 Å². The lowest BCUT2D eigenvalue weighted by Crippen LogP contribution is -2.13. The summed E-state index contributed by atoms with van der Waals surface area (Å²) in [6.45, 7) is 0. The summed E-state index contributed by atoms with van der Waals surface area (Å²) in [6, 6.07) is 13.1. The van der Waals surface area contributed by atoms with Gasteiger partial charge in [0.2, 0.25) is 15.9 Å². The highest BCUT2D eigenvalue weighted by molar-refractivity contribution is 7.89. The van der Waals surface area contributed by atoms with E-state index in [0.29, 0.717) is 17.1 Å². The molecule has 5 nitrogen and oxygen atoms in total. The van der Waals surface area contributed by atoms with Crippen molar-refractivity contribution in [2.45, 2.75) is 17.7 Å². The average Bonchev–Trinajstić information content (AvgIpc) is 2.47. The SMILES string of the molecule is NS(=O)(=O)c1ccc(CCC(=O)Nc2ccccc2Cl)cc1. The van der Waals surface area contributed by atoms with Crippen molar-refractivity contribution in [3.05, 3.63) is 59.1 Å². The van der Waals surface area contributed by atoms with E-state index in [2.05, 4.69) is 5.32 Å². The number of carbonyl (C=O) groups is 1. The van der Waals surface area contributed by atoms with Crippen molar-refractivity contribution in [1.82, 2.24) is 0 Å². The Morgan fingerprint density at radius 3 is 2.32 bits per heavy atom. The third kappa shape index (κ3) is 4.56. The Morgan fingerprint density at radius 1 is 1.09 bits per heavy atom. The molecule has 1 amide bonds. The summed E-state index contributed by atoms with van der Waals surface area (Å²) < 4.78 is 22.3. The monoisotopic (exact) mass is 338 g/mol. The zero-order valence-corrected chi connectivity index (χ0v) is 13.2. The van der Waals surface area contributed by atoms with Crippen LogP contribution in [-0.4, -0.2) is 14.3 Å². The number of benzene rings is 2. The van der Waals surface area contributed by atoms with Crippen molar-refractivity contribution < 1.29 is 13.2 Å². The molecule has 0 saturated carbocycles. The second kappa shape index (κ2) is 6.91. The Hall–Kier alpha value is -1.89. The molecule has 0 aromatic heterocycles. The number of sulfonamides is 1. The number of rotatable bonds is 5. The maximum atomic E-state index is 11.9. The minimum atomic E-state index is -3.69. The molecule has 0 bridgehead atoms. The Bertz CT molecular complexity index is 774. The number of anilines is 1. The van der Waals surface area contributed by atoms with Gasteiger partial charge in [-0.1, -0.05) is 35.9 Å². The molecule has 0 aliphatic heterocycles. The maximum absolute atomic E-state index is 11.9. The minimum Gasteiger partial charge on any atom is -0.325 e. The first-order chi connectivity index (χ1) is 10.4. The standard InChI is InChI=1S/C15H15ClN2O3S/c16-13-3-1-2-4-14(13)18-15(19)10-7-11-5-8-12(9-6-11)22(17,20)21/h1-6,8-9H,7,10H2,(H,18,19)(H2,17,20,21). The van der Waals surface area contributed by atoms with Crippen LogP contribution in [0.2, 0.25) is 5.02 Å². The number of hydrogen-bond acceptors (Lipinski definition) is 3. The van der Waals surface area contributed by atoms with Crippen LogP contribution in [0.3, 0.4) is 0 Å². The number of halogens is 1. The topological polar surface area (TPSA) is 89.3 Å². The van der Waals surface area contributed by atoms with Crippen LogP contribution in [0.5, 0.6) is 0 Å². The fraction of sp³-hybridized carbons (Fsp3) is 0.133. The maximum Gasteiger partial charge on any atom is 0.238 e. The van der Waals surface area contributed by atoms with E-state index in [9.17, 15) is 13.2 Å². The molecule has 0 saturated heterocycles. The van der Waals surface area contributed by atoms with Crippen LogP contribution in [0.4, 0.5) is 5.69 Å². The van der Waals surface area contributed by atoms with Crippen LogP contribution in [0, 0.1) is 0 Å². The molecule has 0 heterocycles. The molecule has 2 rings (SSSR count). The van der Waals surface area contributed by atoms with Crippen molar-refractivity contribution in [1.29, 1.82) is 0 Å². The van der Waals surface area contributed by atoms with Gasteiger partial charge in [0.05, 0.1) is 15.6 Å². The quantitative estimate of drug-likeness (QED) is 0.878. The number of carbonyl (C=O) groups excluding carboxylic acids is 1. The summed E-state index contributed by atoms with van der Waals surface area (Å²) in [6.07, 6.45) is 0.751. The molecule has 116 valence electrons. The van der Waals surface area contributed by atoms with Gasteiger partial charge in [-0.05, 0) is 36.2 Å². The van der Waals surface area contributed by atoms with Gasteiger partial charge in [-0.2, -0.15) is 0 Å². The van der Waals surface area contributed by atoms with Crippen molar-refractivity contribution in [3.8, 4) is 0 Å². The largest absolute Gasteiger partial charge is 0.325 e. The molecule has 3 N–H and O–H groups in total. The van der Waals surface area contributed by atoms with Crippen molar-refractivity contribution in [3.63, 3.8) is 0 Å². The van der Waals surface area contributed by atoms with Gasteiger partial charge in [-0.15, -0.1) is 0 Å². The first kappa shape index (κ1) is 16.5. The lowest BCUT2D eigenvalue weighted by molar-refractivity contribution is -0.116. The van der Waals surface area contributed by atoms with Crippen LogP contribution < -0.4 is 10.5 Å². The van der Waals surface area contributed by atoms with E-state index in [-0.39, 0.29) is 17.2 Å². The summed E-state index contributed by atoms with van der Waals surface area (Å²) in [5.41, 5.74) is 1.42. The smallest absolute Gasteiger partial charge is 0.238 e. The van der Waals surface area contributed by atoms with Crippen LogP contribution in [-0.2, 0) is 21.2 Å². The Balaban J connectivity index is 1.93. The van der Waals surface area contributed by atoms with Gasteiger partial charge in [0.15, 0.2) is 0 Å². The van der Waals surface area contributed by atoms with Crippen molar-refractivity contribution in [2.75, 3.05) is 5.32 Å². The highest BCUT2D eigenvalue weighted by Gasteiger charge is 2.08.